The van der Waals surface area contributed by atoms with Crippen molar-refractivity contribution < 1.29 is 14.3 Å². The standard InChI is InChI=1S/C17H16ClN3O3S/c1-24-14-7-5-11(6-8-14)9-15(22)19-17(25)21-20-16(23)12-3-2-4-13(18)10-12/h2-8,10H,9H2,1H3,(H,20,23)(H2,19,21,22,25). The zero-order valence-corrected chi connectivity index (χ0v) is 14.9. The van der Waals surface area contributed by atoms with Crippen molar-refractivity contribution in [1.82, 2.24) is 16.2 Å². The smallest absolute Gasteiger partial charge is 0.269 e. The number of halogens is 1. The third-order valence-electron chi connectivity index (χ3n) is 3.15. The van der Waals surface area contributed by atoms with Crippen molar-refractivity contribution in [3.8, 4) is 5.75 Å². The van der Waals surface area contributed by atoms with Gasteiger partial charge in [-0.25, -0.2) is 0 Å². The maximum atomic E-state index is 11.9. The lowest BCUT2D eigenvalue weighted by atomic mass is 10.1. The van der Waals surface area contributed by atoms with Crippen molar-refractivity contribution in [2.24, 2.45) is 0 Å². The molecule has 0 aliphatic carbocycles. The van der Waals surface area contributed by atoms with Gasteiger partial charge in [-0.1, -0.05) is 29.8 Å². The average molecular weight is 378 g/mol. The Balaban J connectivity index is 1.79. The molecular formula is C17H16ClN3O3S. The summed E-state index contributed by atoms with van der Waals surface area (Å²) in [6.45, 7) is 0. The Morgan fingerprint density at radius 1 is 1.12 bits per heavy atom. The quantitative estimate of drug-likeness (QED) is 0.562. The largest absolute Gasteiger partial charge is 0.497 e. The minimum atomic E-state index is -0.422. The van der Waals surface area contributed by atoms with Crippen LogP contribution < -0.4 is 20.9 Å². The second-order valence-corrected chi connectivity index (χ2v) is 5.84. The highest BCUT2D eigenvalue weighted by atomic mass is 35.5. The Morgan fingerprint density at radius 3 is 2.48 bits per heavy atom. The first kappa shape index (κ1) is 18.7. The van der Waals surface area contributed by atoms with Crippen molar-refractivity contribution in [2.45, 2.75) is 6.42 Å². The molecule has 0 fully saturated rings. The molecule has 25 heavy (non-hydrogen) atoms. The van der Waals surface area contributed by atoms with Crippen molar-refractivity contribution in [1.29, 1.82) is 0 Å². The van der Waals surface area contributed by atoms with Crippen LogP contribution in [-0.2, 0) is 11.2 Å². The summed E-state index contributed by atoms with van der Waals surface area (Å²) < 4.78 is 5.06. The number of carbonyl (C=O) groups excluding carboxylic acids is 2. The maximum Gasteiger partial charge on any atom is 0.269 e. The first-order chi connectivity index (χ1) is 12.0. The lowest BCUT2D eigenvalue weighted by Crippen LogP contribution is -2.48. The highest BCUT2D eigenvalue weighted by Gasteiger charge is 2.09. The second kappa shape index (κ2) is 9.00. The van der Waals surface area contributed by atoms with Crippen molar-refractivity contribution in [2.75, 3.05) is 7.11 Å². The fraction of sp³-hybridized carbons (Fsp3) is 0.118. The number of thiocarbonyl (C=S) groups is 1. The van der Waals surface area contributed by atoms with Crippen LogP contribution in [-0.4, -0.2) is 24.0 Å². The van der Waals surface area contributed by atoms with E-state index in [0.29, 0.717) is 16.3 Å². The van der Waals surface area contributed by atoms with E-state index in [0.717, 1.165) is 5.56 Å². The van der Waals surface area contributed by atoms with E-state index in [4.69, 9.17) is 28.6 Å². The Kier molecular flexibility index (Phi) is 6.73. The summed E-state index contributed by atoms with van der Waals surface area (Å²) in [6, 6.07) is 13.6. The van der Waals surface area contributed by atoms with Crippen LogP contribution >= 0.6 is 23.8 Å². The van der Waals surface area contributed by atoms with E-state index in [1.54, 1.807) is 49.6 Å². The molecule has 2 rings (SSSR count). The number of hydrazine groups is 1. The zero-order valence-electron chi connectivity index (χ0n) is 13.3. The number of carbonyl (C=O) groups is 2. The van der Waals surface area contributed by atoms with Crippen LogP contribution in [0.4, 0.5) is 0 Å². The van der Waals surface area contributed by atoms with Crippen molar-refractivity contribution in [3.63, 3.8) is 0 Å². The van der Waals surface area contributed by atoms with Gasteiger partial charge in [-0.3, -0.25) is 20.4 Å². The monoisotopic (exact) mass is 377 g/mol. The Labute approximate surface area is 155 Å². The topological polar surface area (TPSA) is 79.5 Å². The van der Waals surface area contributed by atoms with Crippen LogP contribution in [0.5, 0.6) is 5.75 Å². The molecule has 2 aromatic carbocycles. The lowest BCUT2D eigenvalue weighted by Gasteiger charge is -2.11. The minimum absolute atomic E-state index is 0.00566. The first-order valence-corrected chi connectivity index (χ1v) is 8.05. The van der Waals surface area contributed by atoms with Crippen molar-refractivity contribution in [3.05, 3.63) is 64.7 Å². The summed E-state index contributed by atoms with van der Waals surface area (Å²) in [7, 11) is 1.57. The predicted octanol–water partition coefficient (Wildman–Crippen LogP) is 2.23. The molecule has 8 heteroatoms. The molecular weight excluding hydrogens is 362 g/mol. The molecule has 6 nitrogen and oxygen atoms in total. The number of hydrogen-bond donors (Lipinski definition) is 3. The molecule has 0 saturated heterocycles. The van der Waals surface area contributed by atoms with Crippen LogP contribution in [0.3, 0.4) is 0 Å². The maximum absolute atomic E-state index is 11.9. The molecule has 0 aromatic heterocycles. The Hall–Kier alpha value is -2.64. The van der Waals surface area contributed by atoms with Gasteiger partial charge in [0.25, 0.3) is 5.91 Å². The van der Waals surface area contributed by atoms with Crippen LogP contribution in [0.25, 0.3) is 0 Å². The van der Waals surface area contributed by atoms with E-state index >= 15 is 0 Å². The SMILES string of the molecule is COc1ccc(CC(=O)NC(=S)NNC(=O)c2cccc(Cl)c2)cc1. The number of benzene rings is 2. The highest BCUT2D eigenvalue weighted by Crippen LogP contribution is 2.11. The molecule has 0 unspecified atom stereocenters. The van der Waals surface area contributed by atoms with Crippen molar-refractivity contribution >= 4 is 40.7 Å². The number of methoxy groups -OCH3 is 1. The number of hydrogen-bond acceptors (Lipinski definition) is 4. The van der Waals surface area contributed by atoms with Gasteiger partial charge in [-0.05, 0) is 48.1 Å². The van der Waals surface area contributed by atoms with E-state index in [2.05, 4.69) is 16.2 Å². The fourth-order valence-corrected chi connectivity index (χ4v) is 2.30. The van der Waals surface area contributed by atoms with Gasteiger partial charge in [-0.2, -0.15) is 0 Å². The van der Waals surface area contributed by atoms with E-state index in [9.17, 15) is 9.59 Å². The van der Waals surface area contributed by atoms with Gasteiger partial charge in [0.05, 0.1) is 13.5 Å². The van der Waals surface area contributed by atoms with Gasteiger partial charge < -0.3 is 10.1 Å². The molecule has 0 atom stereocenters. The van der Waals surface area contributed by atoms with Crippen LogP contribution in [0.15, 0.2) is 48.5 Å². The molecule has 0 bridgehead atoms. The summed E-state index contributed by atoms with van der Waals surface area (Å²) in [6.07, 6.45) is 0.147. The van der Waals surface area contributed by atoms with Gasteiger partial charge in [0.15, 0.2) is 5.11 Å². The normalized spacial score (nSPS) is 9.84. The van der Waals surface area contributed by atoms with Gasteiger partial charge in [0.2, 0.25) is 5.91 Å². The number of nitrogens with one attached hydrogen (secondary N) is 3. The molecule has 0 saturated carbocycles. The molecule has 0 aliphatic rings. The second-order valence-electron chi connectivity index (χ2n) is 4.99. The summed E-state index contributed by atoms with van der Waals surface area (Å²) in [5.74, 6) is -0.0148. The molecule has 0 radical (unpaired) electrons. The highest BCUT2D eigenvalue weighted by molar-refractivity contribution is 7.80. The molecule has 2 amide bonds. The van der Waals surface area contributed by atoms with Gasteiger partial charge in [0, 0.05) is 10.6 Å². The van der Waals surface area contributed by atoms with E-state index < -0.39 is 5.91 Å². The van der Waals surface area contributed by atoms with Crippen LogP contribution in [0, 0.1) is 0 Å². The molecule has 0 spiro atoms. The molecule has 130 valence electrons. The summed E-state index contributed by atoms with van der Waals surface area (Å²) in [5, 5.41) is 2.93. The van der Waals surface area contributed by atoms with E-state index in [-0.39, 0.29) is 17.4 Å². The predicted molar refractivity (Wildman–Crippen MR) is 99.5 cm³/mol. The molecule has 0 aliphatic heterocycles. The number of amides is 2. The molecule has 0 heterocycles. The number of ether oxygens (including phenoxy) is 1. The van der Waals surface area contributed by atoms with Crippen LogP contribution in [0.2, 0.25) is 5.02 Å². The Morgan fingerprint density at radius 2 is 1.84 bits per heavy atom. The first-order valence-electron chi connectivity index (χ1n) is 7.26. The van der Waals surface area contributed by atoms with Gasteiger partial charge in [-0.15, -0.1) is 0 Å². The van der Waals surface area contributed by atoms with E-state index in [1.807, 2.05) is 0 Å². The van der Waals surface area contributed by atoms with Gasteiger partial charge in [0.1, 0.15) is 5.75 Å². The van der Waals surface area contributed by atoms with Gasteiger partial charge >= 0.3 is 0 Å². The fourth-order valence-electron chi connectivity index (χ4n) is 1.95. The third kappa shape index (κ3) is 6.06. The summed E-state index contributed by atoms with van der Waals surface area (Å²) in [5.41, 5.74) is 6.04. The molecule has 3 N–H and O–H groups in total. The lowest BCUT2D eigenvalue weighted by molar-refractivity contribution is -0.119. The average Bonchev–Trinajstić information content (AvgIpc) is 2.60. The third-order valence-corrected chi connectivity index (χ3v) is 3.59. The number of rotatable bonds is 4. The molecule has 2 aromatic rings. The zero-order chi connectivity index (χ0) is 18.2. The summed E-state index contributed by atoms with van der Waals surface area (Å²) >= 11 is 10.8. The Bertz CT molecular complexity index is 781. The minimum Gasteiger partial charge on any atom is -0.497 e. The van der Waals surface area contributed by atoms with Crippen LogP contribution in [0.1, 0.15) is 15.9 Å². The van der Waals surface area contributed by atoms with E-state index in [1.165, 1.54) is 6.07 Å². The summed E-state index contributed by atoms with van der Waals surface area (Å²) in [4.78, 5) is 23.9.